The summed E-state index contributed by atoms with van der Waals surface area (Å²) in [6.07, 6.45) is 6.86. The van der Waals surface area contributed by atoms with Crippen LogP contribution in [0, 0.1) is 12.3 Å². The minimum atomic E-state index is 0.483. The molecule has 0 aliphatic rings. The summed E-state index contributed by atoms with van der Waals surface area (Å²) < 4.78 is 0. The van der Waals surface area contributed by atoms with E-state index in [0.717, 1.165) is 6.54 Å². The predicted octanol–water partition coefficient (Wildman–Crippen LogP) is 0.706. The van der Waals surface area contributed by atoms with Gasteiger partial charge in [0.2, 0.25) is 0 Å². The highest BCUT2D eigenvalue weighted by Gasteiger charge is 2.09. The first-order chi connectivity index (χ1) is 6.70. The van der Waals surface area contributed by atoms with E-state index in [2.05, 4.69) is 10.9 Å². The monoisotopic (exact) mass is 190 g/mol. The van der Waals surface area contributed by atoms with Crippen LogP contribution in [-0.4, -0.2) is 18.1 Å². The van der Waals surface area contributed by atoms with Crippen LogP contribution < -0.4 is 16.4 Å². The van der Waals surface area contributed by atoms with Gasteiger partial charge in [0.15, 0.2) is 5.82 Å². The van der Waals surface area contributed by atoms with Crippen molar-refractivity contribution in [3.8, 4) is 12.3 Å². The third-order valence-electron chi connectivity index (χ3n) is 1.97. The SMILES string of the molecule is C#CCN(CC)c1nccc(N)c1N. The normalized spacial score (nSPS) is 9.43. The molecule has 4 heteroatoms. The molecule has 0 unspecified atom stereocenters. The Morgan fingerprint density at radius 1 is 1.57 bits per heavy atom. The quantitative estimate of drug-likeness (QED) is 0.689. The molecular formula is C10H14N4. The van der Waals surface area contributed by atoms with Crippen molar-refractivity contribution in [2.75, 3.05) is 29.5 Å². The van der Waals surface area contributed by atoms with Gasteiger partial charge in [-0.3, -0.25) is 0 Å². The fourth-order valence-corrected chi connectivity index (χ4v) is 1.18. The fraction of sp³-hybridized carbons (Fsp3) is 0.300. The van der Waals surface area contributed by atoms with Gasteiger partial charge in [0.05, 0.1) is 17.9 Å². The molecule has 4 nitrogen and oxygen atoms in total. The molecule has 0 aromatic carbocycles. The Balaban J connectivity index is 3.05. The first-order valence-electron chi connectivity index (χ1n) is 4.39. The standard InChI is InChI=1S/C10H14N4/c1-3-7-14(4-2)10-9(12)8(11)5-6-13-10/h1,5-6H,4,7,12H2,2H3,(H2,11,13). The third-order valence-corrected chi connectivity index (χ3v) is 1.97. The number of nitrogens with zero attached hydrogens (tertiary/aromatic N) is 2. The molecule has 0 spiro atoms. The lowest BCUT2D eigenvalue weighted by Crippen LogP contribution is -2.25. The number of pyridine rings is 1. The second-order valence-corrected chi connectivity index (χ2v) is 2.86. The van der Waals surface area contributed by atoms with E-state index in [1.807, 2.05) is 11.8 Å². The lowest BCUT2D eigenvalue weighted by Gasteiger charge is -2.21. The topological polar surface area (TPSA) is 68.2 Å². The van der Waals surface area contributed by atoms with Gasteiger partial charge < -0.3 is 16.4 Å². The Morgan fingerprint density at radius 3 is 2.86 bits per heavy atom. The van der Waals surface area contributed by atoms with E-state index in [9.17, 15) is 0 Å². The van der Waals surface area contributed by atoms with Crippen LogP contribution in [0.2, 0.25) is 0 Å². The molecule has 74 valence electrons. The highest BCUT2D eigenvalue weighted by atomic mass is 15.2. The molecule has 14 heavy (non-hydrogen) atoms. The largest absolute Gasteiger partial charge is 0.397 e. The minimum absolute atomic E-state index is 0.483. The molecule has 0 radical (unpaired) electrons. The summed E-state index contributed by atoms with van der Waals surface area (Å²) in [6.45, 7) is 3.23. The van der Waals surface area contributed by atoms with Crippen LogP contribution in [0.25, 0.3) is 0 Å². The van der Waals surface area contributed by atoms with E-state index < -0.39 is 0 Å². The Hall–Kier alpha value is -1.89. The van der Waals surface area contributed by atoms with E-state index in [4.69, 9.17) is 17.9 Å². The molecule has 1 aromatic heterocycles. The van der Waals surface area contributed by atoms with Crippen molar-refractivity contribution in [1.29, 1.82) is 0 Å². The number of hydrogen-bond acceptors (Lipinski definition) is 4. The minimum Gasteiger partial charge on any atom is -0.397 e. The van der Waals surface area contributed by atoms with Crippen LogP contribution >= 0.6 is 0 Å². The first-order valence-corrected chi connectivity index (χ1v) is 4.39. The number of hydrogen-bond donors (Lipinski definition) is 2. The second-order valence-electron chi connectivity index (χ2n) is 2.86. The lowest BCUT2D eigenvalue weighted by atomic mass is 10.3. The molecule has 0 aliphatic heterocycles. The third kappa shape index (κ3) is 1.88. The van der Waals surface area contributed by atoms with Crippen molar-refractivity contribution in [3.05, 3.63) is 12.3 Å². The predicted molar refractivity (Wildman–Crippen MR) is 59.8 cm³/mol. The molecule has 0 bridgehead atoms. The Morgan fingerprint density at radius 2 is 2.29 bits per heavy atom. The number of aromatic nitrogens is 1. The molecule has 1 heterocycles. The second kappa shape index (κ2) is 4.38. The zero-order valence-electron chi connectivity index (χ0n) is 8.20. The maximum Gasteiger partial charge on any atom is 0.154 e. The van der Waals surface area contributed by atoms with Crippen molar-refractivity contribution < 1.29 is 0 Å². The van der Waals surface area contributed by atoms with Gasteiger partial charge in [-0.05, 0) is 13.0 Å². The van der Waals surface area contributed by atoms with E-state index in [0.29, 0.717) is 23.7 Å². The molecule has 4 N–H and O–H groups in total. The van der Waals surface area contributed by atoms with Gasteiger partial charge in [-0.25, -0.2) is 4.98 Å². The zero-order chi connectivity index (χ0) is 10.6. The van der Waals surface area contributed by atoms with E-state index in [1.54, 1.807) is 12.3 Å². The molecule has 1 aromatic rings. The molecular weight excluding hydrogens is 176 g/mol. The van der Waals surface area contributed by atoms with Gasteiger partial charge in [-0.2, -0.15) is 0 Å². The summed E-state index contributed by atoms with van der Waals surface area (Å²) in [5.41, 5.74) is 12.5. The van der Waals surface area contributed by atoms with Crippen LogP contribution in [0.5, 0.6) is 0 Å². The molecule has 0 atom stereocenters. The van der Waals surface area contributed by atoms with E-state index in [1.165, 1.54) is 0 Å². The van der Waals surface area contributed by atoms with Crippen LogP contribution in [0.15, 0.2) is 12.3 Å². The molecule has 0 fully saturated rings. The summed E-state index contributed by atoms with van der Waals surface area (Å²) >= 11 is 0. The average Bonchev–Trinajstić information content (AvgIpc) is 2.19. The van der Waals surface area contributed by atoms with Gasteiger partial charge in [-0.1, -0.05) is 5.92 Å². The Bertz CT molecular complexity index is 354. The number of nitrogen functional groups attached to an aromatic ring is 2. The Labute approximate surface area is 83.9 Å². The van der Waals surface area contributed by atoms with Crippen molar-refractivity contribution in [3.63, 3.8) is 0 Å². The van der Waals surface area contributed by atoms with Crippen molar-refractivity contribution in [1.82, 2.24) is 4.98 Å². The lowest BCUT2D eigenvalue weighted by molar-refractivity contribution is 0.896. The maximum atomic E-state index is 5.79. The zero-order valence-corrected chi connectivity index (χ0v) is 8.20. The number of anilines is 3. The first kappa shape index (κ1) is 10.2. The van der Waals surface area contributed by atoms with E-state index >= 15 is 0 Å². The number of nitrogens with two attached hydrogens (primary N) is 2. The average molecular weight is 190 g/mol. The highest BCUT2D eigenvalue weighted by molar-refractivity contribution is 5.76. The highest BCUT2D eigenvalue weighted by Crippen LogP contribution is 2.24. The van der Waals surface area contributed by atoms with Crippen LogP contribution in [0.3, 0.4) is 0 Å². The van der Waals surface area contributed by atoms with Gasteiger partial charge >= 0.3 is 0 Å². The molecule has 1 rings (SSSR count). The summed E-state index contributed by atoms with van der Waals surface area (Å²) in [5.74, 6) is 3.21. The van der Waals surface area contributed by atoms with Gasteiger partial charge in [0.25, 0.3) is 0 Å². The molecule has 0 saturated heterocycles. The van der Waals surface area contributed by atoms with Crippen LogP contribution in [0.4, 0.5) is 17.2 Å². The molecule has 0 aliphatic carbocycles. The summed E-state index contributed by atoms with van der Waals surface area (Å²) in [5, 5.41) is 0. The van der Waals surface area contributed by atoms with Crippen molar-refractivity contribution in [2.24, 2.45) is 0 Å². The van der Waals surface area contributed by atoms with Crippen molar-refractivity contribution >= 4 is 17.2 Å². The molecule has 0 saturated carbocycles. The summed E-state index contributed by atoms with van der Waals surface area (Å²) in [4.78, 5) is 6.05. The van der Waals surface area contributed by atoms with Crippen LogP contribution in [-0.2, 0) is 0 Å². The Kier molecular flexibility index (Phi) is 3.19. The van der Waals surface area contributed by atoms with Crippen LogP contribution in [0.1, 0.15) is 6.92 Å². The van der Waals surface area contributed by atoms with Crippen molar-refractivity contribution in [2.45, 2.75) is 6.92 Å². The van der Waals surface area contributed by atoms with Gasteiger partial charge in [-0.15, -0.1) is 6.42 Å². The maximum absolute atomic E-state index is 5.79. The van der Waals surface area contributed by atoms with E-state index in [-0.39, 0.29) is 0 Å². The summed E-state index contributed by atoms with van der Waals surface area (Å²) in [6, 6.07) is 1.67. The smallest absolute Gasteiger partial charge is 0.154 e. The number of terminal acetylenes is 1. The van der Waals surface area contributed by atoms with Gasteiger partial charge in [0.1, 0.15) is 0 Å². The van der Waals surface area contributed by atoms with Gasteiger partial charge in [0, 0.05) is 12.7 Å². The molecule has 0 amide bonds. The number of rotatable bonds is 3. The fourth-order valence-electron chi connectivity index (χ4n) is 1.18. The summed E-state index contributed by atoms with van der Waals surface area (Å²) in [7, 11) is 0.